The zero-order valence-electron chi connectivity index (χ0n) is 21.9. The molecule has 1 aliphatic rings. The van der Waals surface area contributed by atoms with Crippen molar-refractivity contribution >= 4 is 11.5 Å². The second-order valence-electron chi connectivity index (χ2n) is 8.91. The molecule has 39 heavy (non-hydrogen) atoms. The number of halogens is 4. The fourth-order valence-electron chi connectivity index (χ4n) is 3.64. The highest BCUT2D eigenvalue weighted by Crippen LogP contribution is 2.26. The Morgan fingerprint density at radius 3 is 2.49 bits per heavy atom. The topological polar surface area (TPSA) is 82.6 Å². The molecule has 1 saturated heterocycles. The minimum absolute atomic E-state index is 0.0595. The molecule has 7 nitrogen and oxygen atoms in total. The van der Waals surface area contributed by atoms with Gasteiger partial charge in [0.05, 0.1) is 31.4 Å². The Bertz CT molecular complexity index is 1210. The van der Waals surface area contributed by atoms with Crippen LogP contribution >= 0.6 is 0 Å². The van der Waals surface area contributed by atoms with Crippen LogP contribution in [-0.2, 0) is 27.2 Å². The van der Waals surface area contributed by atoms with Gasteiger partial charge in [-0.1, -0.05) is 24.6 Å². The number of carbonyl (C=O) groups is 1. The van der Waals surface area contributed by atoms with Crippen LogP contribution in [0.15, 0.2) is 65.7 Å². The van der Waals surface area contributed by atoms with Gasteiger partial charge in [0.1, 0.15) is 5.76 Å². The van der Waals surface area contributed by atoms with Gasteiger partial charge in [-0.05, 0) is 67.2 Å². The lowest BCUT2D eigenvalue weighted by Crippen LogP contribution is -2.42. The monoisotopic (exact) mass is 549 g/mol. The van der Waals surface area contributed by atoms with Crippen LogP contribution in [-0.4, -0.2) is 42.3 Å². The highest BCUT2D eigenvalue weighted by Gasteiger charge is 2.26. The van der Waals surface area contributed by atoms with Gasteiger partial charge in [-0.25, -0.2) is 4.98 Å². The van der Waals surface area contributed by atoms with Crippen molar-refractivity contribution in [3.63, 3.8) is 0 Å². The van der Waals surface area contributed by atoms with E-state index >= 15 is 0 Å². The van der Waals surface area contributed by atoms with Crippen LogP contribution in [0.4, 0.5) is 17.6 Å². The SMILES string of the molecule is CC/C(C)=C(/C=C\C(OC(F)F)=C(/C)c1ccnc(OC(F)F)c1)Cc1ccc(CNC(=O)C2COC2)nc1. The summed E-state index contributed by atoms with van der Waals surface area (Å²) < 4.78 is 65.8. The maximum atomic E-state index is 13.2. The van der Waals surface area contributed by atoms with Crippen molar-refractivity contribution in [3.8, 4) is 5.88 Å². The summed E-state index contributed by atoms with van der Waals surface area (Å²) in [4.78, 5) is 20.1. The first-order valence-electron chi connectivity index (χ1n) is 12.4. The molecular weight excluding hydrogens is 518 g/mol. The molecule has 1 amide bonds. The van der Waals surface area contributed by atoms with Crippen molar-refractivity contribution in [2.24, 2.45) is 5.92 Å². The number of rotatable bonds is 13. The molecular formula is C28H31F4N3O4. The molecule has 0 aromatic carbocycles. The molecule has 0 aliphatic carbocycles. The van der Waals surface area contributed by atoms with E-state index in [1.165, 1.54) is 24.4 Å². The fourth-order valence-corrected chi connectivity index (χ4v) is 3.64. The second kappa shape index (κ2) is 14.4. The molecule has 0 bridgehead atoms. The Balaban J connectivity index is 1.77. The molecule has 3 heterocycles. The minimum Gasteiger partial charge on any atom is -0.435 e. The first kappa shape index (κ1) is 29.8. The summed E-state index contributed by atoms with van der Waals surface area (Å²) in [5.41, 5.74) is 4.16. The van der Waals surface area contributed by atoms with E-state index in [0.29, 0.717) is 43.0 Å². The van der Waals surface area contributed by atoms with Crippen LogP contribution in [0.1, 0.15) is 44.0 Å². The van der Waals surface area contributed by atoms with Crippen LogP contribution < -0.4 is 10.1 Å². The summed E-state index contributed by atoms with van der Waals surface area (Å²) in [6.45, 7) is 0.500. The average Bonchev–Trinajstić information content (AvgIpc) is 2.87. The van der Waals surface area contributed by atoms with Crippen LogP contribution in [0.25, 0.3) is 5.57 Å². The van der Waals surface area contributed by atoms with Crippen molar-refractivity contribution in [3.05, 3.63) is 82.5 Å². The molecule has 11 heteroatoms. The number of hydrogen-bond donors (Lipinski definition) is 1. The summed E-state index contributed by atoms with van der Waals surface area (Å²) in [6.07, 6.45) is 7.31. The van der Waals surface area contributed by atoms with Gasteiger partial charge in [0.25, 0.3) is 0 Å². The van der Waals surface area contributed by atoms with E-state index in [9.17, 15) is 22.4 Å². The molecule has 0 unspecified atom stereocenters. The Kier molecular flexibility index (Phi) is 11.0. The van der Waals surface area contributed by atoms with Gasteiger partial charge in [0.2, 0.25) is 11.8 Å². The number of hydrogen-bond acceptors (Lipinski definition) is 6. The zero-order valence-corrected chi connectivity index (χ0v) is 21.9. The van der Waals surface area contributed by atoms with E-state index in [2.05, 4.69) is 20.0 Å². The fraction of sp³-hybridized carbons (Fsp3) is 0.393. The summed E-state index contributed by atoms with van der Waals surface area (Å²) in [5.74, 6) is -0.626. The summed E-state index contributed by atoms with van der Waals surface area (Å²) in [7, 11) is 0. The maximum absolute atomic E-state index is 13.2. The number of ether oxygens (including phenoxy) is 3. The zero-order chi connectivity index (χ0) is 28.4. The van der Waals surface area contributed by atoms with Gasteiger partial charge in [0.15, 0.2) is 0 Å². The Morgan fingerprint density at radius 2 is 1.90 bits per heavy atom. The third kappa shape index (κ3) is 9.20. The molecule has 0 saturated carbocycles. The maximum Gasteiger partial charge on any atom is 0.388 e. The van der Waals surface area contributed by atoms with Crippen LogP contribution in [0, 0.1) is 5.92 Å². The van der Waals surface area contributed by atoms with Gasteiger partial charge >= 0.3 is 13.2 Å². The lowest BCUT2D eigenvalue weighted by atomic mass is 9.99. The van der Waals surface area contributed by atoms with Gasteiger partial charge < -0.3 is 19.5 Å². The largest absolute Gasteiger partial charge is 0.435 e. The Morgan fingerprint density at radius 1 is 1.13 bits per heavy atom. The molecule has 2 aromatic heterocycles. The molecule has 2 aromatic rings. The van der Waals surface area contributed by atoms with Crippen LogP contribution in [0.2, 0.25) is 0 Å². The lowest BCUT2D eigenvalue weighted by Gasteiger charge is -2.24. The van der Waals surface area contributed by atoms with E-state index in [4.69, 9.17) is 9.47 Å². The van der Waals surface area contributed by atoms with E-state index < -0.39 is 13.2 Å². The second-order valence-corrected chi connectivity index (χ2v) is 8.91. The van der Waals surface area contributed by atoms with Crippen molar-refractivity contribution in [1.82, 2.24) is 15.3 Å². The summed E-state index contributed by atoms with van der Waals surface area (Å²) in [5, 5.41) is 2.84. The molecule has 210 valence electrons. The molecule has 3 rings (SSSR count). The Hall–Kier alpha value is -3.73. The van der Waals surface area contributed by atoms with Gasteiger partial charge in [-0.15, -0.1) is 0 Å². The molecule has 1 N–H and O–H groups in total. The first-order valence-corrected chi connectivity index (χ1v) is 12.4. The molecule has 0 spiro atoms. The predicted molar refractivity (Wildman–Crippen MR) is 137 cm³/mol. The van der Waals surface area contributed by atoms with E-state index in [-0.39, 0.29) is 23.5 Å². The van der Waals surface area contributed by atoms with Crippen molar-refractivity contribution in [2.45, 2.75) is 53.4 Å². The first-order chi connectivity index (χ1) is 18.7. The number of alkyl halides is 4. The smallest absolute Gasteiger partial charge is 0.388 e. The Labute approximate surface area is 224 Å². The minimum atomic E-state index is -3.09. The third-order valence-corrected chi connectivity index (χ3v) is 6.21. The van der Waals surface area contributed by atoms with Crippen molar-refractivity contribution in [1.29, 1.82) is 0 Å². The van der Waals surface area contributed by atoms with Gasteiger partial charge in [-0.2, -0.15) is 17.6 Å². The number of nitrogens with one attached hydrogen (secondary N) is 1. The average molecular weight is 550 g/mol. The van der Waals surface area contributed by atoms with E-state index in [1.54, 1.807) is 19.2 Å². The summed E-state index contributed by atoms with van der Waals surface area (Å²) in [6, 6.07) is 6.44. The highest BCUT2D eigenvalue weighted by molar-refractivity contribution is 5.79. The number of nitrogens with zero attached hydrogens (tertiary/aromatic N) is 2. The predicted octanol–water partition coefficient (Wildman–Crippen LogP) is 5.84. The number of pyridine rings is 2. The van der Waals surface area contributed by atoms with E-state index in [1.807, 2.05) is 26.0 Å². The van der Waals surface area contributed by atoms with E-state index in [0.717, 1.165) is 23.1 Å². The van der Waals surface area contributed by atoms with Crippen molar-refractivity contribution < 1.29 is 36.6 Å². The lowest BCUT2D eigenvalue weighted by molar-refractivity contribution is -0.139. The van der Waals surface area contributed by atoms with Crippen molar-refractivity contribution in [2.75, 3.05) is 13.2 Å². The third-order valence-electron chi connectivity index (χ3n) is 6.21. The molecule has 1 fully saturated rings. The highest BCUT2D eigenvalue weighted by atomic mass is 19.3. The number of allylic oxidation sites excluding steroid dienone is 5. The van der Waals surface area contributed by atoms with Gasteiger partial charge in [0, 0.05) is 18.5 Å². The standard InChI is InChI=1S/C28H31F4N3O4/c1-4-17(2)20(11-19-5-7-23(34-13-19)14-35-26(36)22-15-37-16-22)6-8-24(38-27(29)30)18(3)21-9-10-33-25(12-21)39-28(31)32/h5-10,12-13,22,27-28H,4,11,14-16H2,1-3H3,(H,35,36)/b8-6-,20-17-,24-18-. The number of aromatic nitrogens is 2. The number of amides is 1. The molecule has 0 atom stereocenters. The van der Waals surface area contributed by atoms with Gasteiger partial charge in [-0.3, -0.25) is 9.78 Å². The normalized spacial score (nSPS) is 15.2. The van der Waals surface area contributed by atoms with Crippen LogP contribution in [0.5, 0.6) is 5.88 Å². The quantitative estimate of drug-likeness (QED) is 0.192. The van der Waals surface area contributed by atoms with Crippen LogP contribution in [0.3, 0.4) is 0 Å². The molecule has 0 radical (unpaired) electrons. The number of carbonyl (C=O) groups excluding carboxylic acids is 1. The summed E-state index contributed by atoms with van der Waals surface area (Å²) >= 11 is 0. The molecule has 1 aliphatic heterocycles.